The molecule has 2 heterocycles. The lowest BCUT2D eigenvalue weighted by atomic mass is 10.1. The first kappa shape index (κ1) is 18.0. The van der Waals surface area contributed by atoms with E-state index in [2.05, 4.69) is 29.0 Å². The van der Waals surface area contributed by atoms with Crippen molar-refractivity contribution in [3.63, 3.8) is 0 Å². The van der Waals surface area contributed by atoms with E-state index < -0.39 is 0 Å². The third-order valence-electron chi connectivity index (χ3n) is 5.52. The molecule has 6 nitrogen and oxygen atoms in total. The third-order valence-corrected chi connectivity index (χ3v) is 5.52. The summed E-state index contributed by atoms with van der Waals surface area (Å²) in [7, 11) is 1.90. The highest BCUT2D eigenvalue weighted by molar-refractivity contribution is 5.73. The molecule has 0 spiro atoms. The molecule has 0 radical (unpaired) electrons. The highest BCUT2D eigenvalue weighted by atomic mass is 16.5. The van der Waals surface area contributed by atoms with E-state index in [-0.39, 0.29) is 18.2 Å². The van der Waals surface area contributed by atoms with Gasteiger partial charge in [0, 0.05) is 52.4 Å². The van der Waals surface area contributed by atoms with Crippen LogP contribution in [0.5, 0.6) is 0 Å². The van der Waals surface area contributed by atoms with Crippen LogP contribution in [0.4, 0.5) is 4.79 Å². The summed E-state index contributed by atoms with van der Waals surface area (Å²) >= 11 is 0. The minimum atomic E-state index is 0.0641. The molecule has 1 saturated carbocycles. The van der Waals surface area contributed by atoms with Crippen molar-refractivity contribution in [3.05, 3.63) is 0 Å². The Balaban J connectivity index is 1.31. The van der Waals surface area contributed by atoms with Crippen molar-refractivity contribution >= 4 is 6.03 Å². The highest BCUT2D eigenvalue weighted by Crippen LogP contribution is 2.31. The van der Waals surface area contributed by atoms with Gasteiger partial charge in [0.25, 0.3) is 0 Å². The van der Waals surface area contributed by atoms with Gasteiger partial charge in [-0.15, -0.1) is 0 Å². The number of carbonyl (C=O) groups excluding carboxylic acids is 1. The first-order valence-electron chi connectivity index (χ1n) is 9.62. The fourth-order valence-electron chi connectivity index (χ4n) is 4.03. The van der Waals surface area contributed by atoms with Crippen molar-refractivity contribution in [3.8, 4) is 0 Å². The van der Waals surface area contributed by atoms with E-state index in [1.165, 1.54) is 25.8 Å². The summed E-state index contributed by atoms with van der Waals surface area (Å²) in [5.74, 6) is 0.629. The van der Waals surface area contributed by atoms with Gasteiger partial charge in [0.2, 0.25) is 0 Å². The van der Waals surface area contributed by atoms with Gasteiger partial charge in [-0.05, 0) is 45.6 Å². The fourth-order valence-corrected chi connectivity index (χ4v) is 4.03. The summed E-state index contributed by atoms with van der Waals surface area (Å²) in [6.07, 6.45) is 4.54. The molecule has 1 unspecified atom stereocenters. The quantitative estimate of drug-likeness (QED) is 0.791. The Kier molecular flexibility index (Phi) is 6.00. The minimum absolute atomic E-state index is 0.0641. The number of morpholine rings is 1. The summed E-state index contributed by atoms with van der Waals surface area (Å²) in [5.41, 5.74) is 0. The molecule has 2 amide bonds. The summed E-state index contributed by atoms with van der Waals surface area (Å²) in [5, 5.41) is 3.13. The second-order valence-electron chi connectivity index (χ2n) is 8.01. The molecule has 0 aromatic carbocycles. The van der Waals surface area contributed by atoms with E-state index in [9.17, 15) is 4.79 Å². The normalized spacial score (nSPS) is 32.0. The van der Waals surface area contributed by atoms with Gasteiger partial charge in [-0.3, -0.25) is 4.90 Å². The molecular formula is C18H34N4O2. The molecule has 0 bridgehead atoms. The van der Waals surface area contributed by atoms with E-state index in [4.69, 9.17) is 4.74 Å². The van der Waals surface area contributed by atoms with Crippen LogP contribution in [0.15, 0.2) is 0 Å². The summed E-state index contributed by atoms with van der Waals surface area (Å²) < 4.78 is 5.76. The zero-order valence-electron chi connectivity index (χ0n) is 15.5. The average Bonchev–Trinajstić information content (AvgIpc) is 3.28. The highest BCUT2D eigenvalue weighted by Gasteiger charge is 2.34. The fraction of sp³-hybridized carbons (Fsp3) is 0.944. The Hall–Kier alpha value is -0.850. The van der Waals surface area contributed by atoms with Gasteiger partial charge >= 0.3 is 6.03 Å². The van der Waals surface area contributed by atoms with E-state index in [0.717, 1.165) is 45.3 Å². The monoisotopic (exact) mass is 338 g/mol. The Morgan fingerprint density at radius 3 is 2.54 bits per heavy atom. The topological polar surface area (TPSA) is 48.0 Å². The maximum absolute atomic E-state index is 12.3. The van der Waals surface area contributed by atoms with Gasteiger partial charge < -0.3 is 19.9 Å². The lowest BCUT2D eigenvalue weighted by molar-refractivity contribution is -0.0684. The number of urea groups is 1. The molecule has 0 aromatic rings. The minimum Gasteiger partial charge on any atom is -0.373 e. The van der Waals surface area contributed by atoms with Gasteiger partial charge in [0.05, 0.1) is 12.2 Å². The largest absolute Gasteiger partial charge is 0.373 e. The molecule has 3 atom stereocenters. The predicted molar refractivity (Wildman–Crippen MR) is 95.2 cm³/mol. The van der Waals surface area contributed by atoms with Crippen LogP contribution in [0.1, 0.15) is 33.1 Å². The van der Waals surface area contributed by atoms with Crippen LogP contribution in [-0.4, -0.2) is 91.8 Å². The zero-order chi connectivity index (χ0) is 17.1. The number of likely N-dealkylation sites (N-methyl/N-ethyl adjacent to an activating group) is 1. The number of rotatable bonds is 6. The number of nitrogens with zero attached hydrogens (tertiary/aromatic N) is 3. The zero-order valence-corrected chi connectivity index (χ0v) is 15.5. The molecule has 1 aliphatic carbocycles. The first-order chi connectivity index (χ1) is 11.5. The van der Waals surface area contributed by atoms with Gasteiger partial charge in [-0.25, -0.2) is 4.79 Å². The Bertz CT molecular complexity index is 419. The van der Waals surface area contributed by atoms with Crippen LogP contribution in [0, 0.1) is 5.92 Å². The van der Waals surface area contributed by atoms with Crippen molar-refractivity contribution < 1.29 is 9.53 Å². The molecule has 1 N–H and O–H groups in total. The molecule has 2 saturated heterocycles. The van der Waals surface area contributed by atoms with Crippen LogP contribution in [-0.2, 0) is 4.74 Å². The first-order valence-corrected chi connectivity index (χ1v) is 9.62. The SMILES string of the molecule is C[C@@H]1CN(CCN(C)C(=O)NCC2CCN(C3CC3)C2)C[C@H](C)O1. The van der Waals surface area contributed by atoms with E-state index >= 15 is 0 Å². The average molecular weight is 338 g/mol. The standard InChI is InChI=1S/C18H34N4O2/c1-14-11-21(12-15(2)24-14)9-8-20(3)18(23)19-10-16-6-7-22(13-16)17-4-5-17/h14-17H,4-13H2,1-3H3,(H,19,23)/t14-,15+,16?. The lowest BCUT2D eigenvalue weighted by Gasteiger charge is -2.36. The molecule has 2 aliphatic heterocycles. The van der Waals surface area contributed by atoms with Crippen molar-refractivity contribution in [1.82, 2.24) is 20.0 Å². The molecular weight excluding hydrogens is 304 g/mol. The Morgan fingerprint density at radius 1 is 1.17 bits per heavy atom. The van der Waals surface area contributed by atoms with Crippen molar-refractivity contribution in [2.24, 2.45) is 5.92 Å². The number of hydrogen-bond acceptors (Lipinski definition) is 4. The molecule has 0 aromatic heterocycles. The molecule has 138 valence electrons. The lowest BCUT2D eigenvalue weighted by Crippen LogP contribution is -2.49. The summed E-state index contributed by atoms with van der Waals surface area (Å²) in [6, 6.07) is 0.918. The van der Waals surface area contributed by atoms with Crippen LogP contribution < -0.4 is 5.32 Å². The van der Waals surface area contributed by atoms with Crippen molar-refractivity contribution in [2.45, 2.75) is 51.4 Å². The smallest absolute Gasteiger partial charge is 0.317 e. The van der Waals surface area contributed by atoms with Crippen molar-refractivity contribution in [2.75, 3.05) is 52.9 Å². The number of likely N-dealkylation sites (tertiary alicyclic amines) is 1. The van der Waals surface area contributed by atoms with Gasteiger partial charge in [0.15, 0.2) is 0 Å². The Labute approximate surface area is 146 Å². The second kappa shape index (κ2) is 8.02. The van der Waals surface area contributed by atoms with Gasteiger partial charge in [-0.2, -0.15) is 0 Å². The molecule has 3 fully saturated rings. The Morgan fingerprint density at radius 2 is 1.88 bits per heavy atom. The van der Waals surface area contributed by atoms with Crippen LogP contribution >= 0.6 is 0 Å². The predicted octanol–water partition coefficient (Wildman–Crippen LogP) is 1.22. The summed E-state index contributed by atoms with van der Waals surface area (Å²) in [4.78, 5) is 19.1. The van der Waals surface area contributed by atoms with Gasteiger partial charge in [-0.1, -0.05) is 0 Å². The number of ether oxygens (including phenoxy) is 1. The van der Waals surface area contributed by atoms with Crippen LogP contribution in [0.25, 0.3) is 0 Å². The maximum Gasteiger partial charge on any atom is 0.317 e. The second-order valence-corrected chi connectivity index (χ2v) is 8.01. The maximum atomic E-state index is 12.3. The summed E-state index contributed by atoms with van der Waals surface area (Å²) in [6.45, 7) is 11.0. The number of carbonyl (C=O) groups is 1. The van der Waals surface area contributed by atoms with Gasteiger partial charge in [0.1, 0.15) is 0 Å². The van der Waals surface area contributed by atoms with E-state index in [1.54, 1.807) is 0 Å². The number of amides is 2. The molecule has 3 aliphatic rings. The van der Waals surface area contributed by atoms with E-state index in [1.807, 2.05) is 11.9 Å². The molecule has 24 heavy (non-hydrogen) atoms. The van der Waals surface area contributed by atoms with Crippen LogP contribution in [0.3, 0.4) is 0 Å². The van der Waals surface area contributed by atoms with E-state index in [0.29, 0.717) is 5.92 Å². The van der Waals surface area contributed by atoms with Crippen LogP contribution in [0.2, 0.25) is 0 Å². The molecule has 6 heteroatoms. The third kappa shape index (κ3) is 5.07. The number of nitrogens with one attached hydrogen (secondary N) is 1. The number of hydrogen-bond donors (Lipinski definition) is 1. The van der Waals surface area contributed by atoms with Crippen molar-refractivity contribution in [1.29, 1.82) is 0 Å². The molecule has 3 rings (SSSR count).